The highest BCUT2D eigenvalue weighted by molar-refractivity contribution is 4.30. The summed E-state index contributed by atoms with van der Waals surface area (Å²) in [6.45, 7) is 1.73. The SMILES string of the molecule is O=[N+]([O-])O.OCCOCCOCCO. The lowest BCUT2D eigenvalue weighted by molar-refractivity contribution is -0.742. The molecule has 0 atom stereocenters. The third-order valence-corrected chi connectivity index (χ3v) is 0.843. The van der Waals surface area contributed by atoms with Crippen molar-refractivity contribution in [3.63, 3.8) is 0 Å². The van der Waals surface area contributed by atoms with Gasteiger partial charge in [0.15, 0.2) is 0 Å². The molecule has 0 aromatic carbocycles. The molecule has 0 aromatic heterocycles. The Morgan fingerprint density at radius 3 is 1.50 bits per heavy atom. The minimum atomic E-state index is -1.50. The van der Waals surface area contributed by atoms with Crippen LogP contribution in [-0.4, -0.2) is 60.1 Å². The average Bonchev–Trinajstić information content (AvgIpc) is 2.10. The number of rotatable bonds is 7. The normalized spacial score (nSPS) is 9.00. The van der Waals surface area contributed by atoms with Crippen LogP contribution in [-0.2, 0) is 9.47 Å². The standard InChI is InChI=1S/C6H14O4.HNO3/c7-1-3-9-5-6-10-4-2-8;2-1(3)4/h7-8H,1-6H2;(H,2,3,4). The molecule has 0 aromatic rings. The topological polar surface area (TPSA) is 122 Å². The first kappa shape index (κ1) is 15.5. The van der Waals surface area contributed by atoms with E-state index in [1.165, 1.54) is 0 Å². The second-order valence-electron chi connectivity index (χ2n) is 1.91. The predicted octanol–water partition coefficient (Wildman–Crippen LogP) is -1.34. The fourth-order valence-electron chi connectivity index (χ4n) is 0.451. The van der Waals surface area contributed by atoms with Crippen molar-refractivity contribution in [2.24, 2.45) is 0 Å². The maximum atomic E-state index is 8.36. The molecule has 0 saturated heterocycles. The lowest BCUT2D eigenvalue weighted by Gasteiger charge is -2.01. The Balaban J connectivity index is 0. The van der Waals surface area contributed by atoms with Gasteiger partial charge in [0, 0.05) is 0 Å². The van der Waals surface area contributed by atoms with Gasteiger partial charge in [-0.05, 0) is 0 Å². The van der Waals surface area contributed by atoms with Crippen molar-refractivity contribution in [1.29, 1.82) is 0 Å². The predicted molar refractivity (Wildman–Crippen MR) is 44.6 cm³/mol. The van der Waals surface area contributed by atoms with E-state index in [-0.39, 0.29) is 13.2 Å². The first-order valence-electron chi connectivity index (χ1n) is 3.85. The average molecular weight is 213 g/mol. The van der Waals surface area contributed by atoms with Crippen LogP contribution in [0.15, 0.2) is 0 Å². The second-order valence-corrected chi connectivity index (χ2v) is 1.91. The van der Waals surface area contributed by atoms with Crippen molar-refractivity contribution in [1.82, 2.24) is 0 Å². The van der Waals surface area contributed by atoms with Gasteiger partial charge < -0.3 is 24.9 Å². The molecule has 0 bridgehead atoms. The third kappa shape index (κ3) is 30.5. The van der Waals surface area contributed by atoms with E-state index >= 15 is 0 Å². The van der Waals surface area contributed by atoms with Gasteiger partial charge in [-0.3, -0.25) is 0 Å². The van der Waals surface area contributed by atoms with Crippen LogP contribution in [0.25, 0.3) is 0 Å². The van der Waals surface area contributed by atoms with E-state index in [1.54, 1.807) is 0 Å². The van der Waals surface area contributed by atoms with Crippen LogP contribution in [0.1, 0.15) is 0 Å². The molecule has 0 aliphatic rings. The second kappa shape index (κ2) is 14.6. The zero-order valence-corrected chi connectivity index (χ0v) is 7.66. The molecule has 0 fully saturated rings. The quantitative estimate of drug-likeness (QED) is 0.271. The van der Waals surface area contributed by atoms with Crippen LogP contribution in [0.4, 0.5) is 0 Å². The summed E-state index contributed by atoms with van der Waals surface area (Å²) in [4.78, 5) is 8.36. The molecular weight excluding hydrogens is 198 g/mol. The zero-order valence-electron chi connectivity index (χ0n) is 7.66. The lowest BCUT2D eigenvalue weighted by Crippen LogP contribution is -2.09. The number of aliphatic hydroxyl groups excluding tert-OH is 2. The first-order chi connectivity index (χ1) is 6.65. The Bertz CT molecular complexity index is 109. The van der Waals surface area contributed by atoms with Crippen molar-refractivity contribution in [2.75, 3.05) is 39.6 Å². The molecule has 8 heteroatoms. The Morgan fingerprint density at radius 2 is 1.29 bits per heavy atom. The molecule has 0 amide bonds. The van der Waals surface area contributed by atoms with Gasteiger partial charge in [0.25, 0.3) is 5.09 Å². The first-order valence-corrected chi connectivity index (χ1v) is 3.85. The molecule has 0 aliphatic carbocycles. The van der Waals surface area contributed by atoms with Gasteiger partial charge in [0.2, 0.25) is 0 Å². The van der Waals surface area contributed by atoms with Gasteiger partial charge in [0.1, 0.15) is 0 Å². The molecular formula is C6H15NO7. The van der Waals surface area contributed by atoms with E-state index in [0.29, 0.717) is 26.4 Å². The van der Waals surface area contributed by atoms with Crippen molar-refractivity contribution in [2.45, 2.75) is 0 Å². The molecule has 8 nitrogen and oxygen atoms in total. The Morgan fingerprint density at radius 1 is 1.00 bits per heavy atom. The number of ether oxygens (including phenoxy) is 2. The maximum absolute atomic E-state index is 8.36. The monoisotopic (exact) mass is 213 g/mol. The van der Waals surface area contributed by atoms with E-state index in [0.717, 1.165) is 0 Å². The number of nitrogens with zero attached hydrogens (tertiary/aromatic N) is 1. The number of hydrogen-bond donors (Lipinski definition) is 3. The van der Waals surface area contributed by atoms with E-state index in [4.69, 9.17) is 35.0 Å². The molecule has 0 radical (unpaired) electrons. The molecule has 0 aliphatic heterocycles. The van der Waals surface area contributed by atoms with Crippen LogP contribution < -0.4 is 0 Å². The van der Waals surface area contributed by atoms with Gasteiger partial charge in [-0.1, -0.05) is 0 Å². The van der Waals surface area contributed by atoms with Gasteiger partial charge >= 0.3 is 0 Å². The number of aliphatic hydroxyl groups is 2. The van der Waals surface area contributed by atoms with Gasteiger partial charge in [0.05, 0.1) is 39.6 Å². The minimum absolute atomic E-state index is 0.0417. The fraction of sp³-hybridized carbons (Fsp3) is 1.00. The molecule has 0 heterocycles. The fourth-order valence-corrected chi connectivity index (χ4v) is 0.451. The van der Waals surface area contributed by atoms with Gasteiger partial charge in [-0.2, -0.15) is 0 Å². The van der Waals surface area contributed by atoms with E-state index in [9.17, 15) is 0 Å². The molecule has 86 valence electrons. The molecule has 0 rings (SSSR count). The van der Waals surface area contributed by atoms with Crippen LogP contribution in [0.5, 0.6) is 0 Å². The van der Waals surface area contributed by atoms with Gasteiger partial charge in [-0.25, -0.2) is 0 Å². The summed E-state index contributed by atoms with van der Waals surface area (Å²) >= 11 is 0. The summed E-state index contributed by atoms with van der Waals surface area (Å²) in [5, 5.41) is 30.2. The van der Waals surface area contributed by atoms with Crippen LogP contribution in [0.3, 0.4) is 0 Å². The molecule has 3 N–H and O–H groups in total. The highest BCUT2D eigenvalue weighted by Gasteiger charge is 1.86. The van der Waals surface area contributed by atoms with Crippen molar-refractivity contribution < 1.29 is 30.0 Å². The Kier molecular flexibility index (Phi) is 16.1. The molecule has 0 saturated carbocycles. The highest BCUT2D eigenvalue weighted by Crippen LogP contribution is 1.76. The summed E-state index contributed by atoms with van der Waals surface area (Å²) in [7, 11) is 0. The van der Waals surface area contributed by atoms with Crippen molar-refractivity contribution >= 4 is 0 Å². The summed E-state index contributed by atoms with van der Waals surface area (Å²) in [6, 6.07) is 0. The summed E-state index contributed by atoms with van der Waals surface area (Å²) in [5.74, 6) is 0. The summed E-state index contributed by atoms with van der Waals surface area (Å²) < 4.78 is 9.75. The smallest absolute Gasteiger partial charge is 0.291 e. The van der Waals surface area contributed by atoms with E-state index in [1.807, 2.05) is 0 Å². The Hall–Kier alpha value is -0.960. The van der Waals surface area contributed by atoms with Crippen molar-refractivity contribution in [3.8, 4) is 0 Å². The molecule has 0 spiro atoms. The molecule has 14 heavy (non-hydrogen) atoms. The lowest BCUT2D eigenvalue weighted by atomic mass is 10.7. The third-order valence-electron chi connectivity index (χ3n) is 0.843. The van der Waals surface area contributed by atoms with E-state index < -0.39 is 5.09 Å². The van der Waals surface area contributed by atoms with Crippen LogP contribution >= 0.6 is 0 Å². The zero-order chi connectivity index (χ0) is 11.2. The maximum Gasteiger partial charge on any atom is 0.291 e. The minimum Gasteiger partial charge on any atom is -0.394 e. The van der Waals surface area contributed by atoms with Crippen LogP contribution in [0, 0.1) is 10.1 Å². The summed E-state index contributed by atoms with van der Waals surface area (Å²) in [5.41, 5.74) is 0. The molecule has 0 unspecified atom stereocenters. The van der Waals surface area contributed by atoms with Crippen molar-refractivity contribution in [3.05, 3.63) is 10.1 Å². The summed E-state index contributed by atoms with van der Waals surface area (Å²) in [6.07, 6.45) is 0. The highest BCUT2D eigenvalue weighted by atomic mass is 16.9. The van der Waals surface area contributed by atoms with Gasteiger partial charge in [-0.15, -0.1) is 10.1 Å². The largest absolute Gasteiger partial charge is 0.394 e. The van der Waals surface area contributed by atoms with Crippen LogP contribution in [0.2, 0.25) is 0 Å². The Labute approximate surface area is 80.8 Å². The van der Waals surface area contributed by atoms with E-state index in [2.05, 4.69) is 0 Å². The number of hydrogen-bond acceptors (Lipinski definition) is 6.